The van der Waals surface area contributed by atoms with Crippen molar-refractivity contribution in [1.82, 2.24) is 0 Å². The standard InChI is InChI=1S/C14H17IO2/c1-3-10-5-6-11(9-12(10)15)14(7-8-14)13(16)17-4-2/h5-6,9H,3-4,7-8H2,1-2H3. The van der Waals surface area contributed by atoms with Crippen molar-refractivity contribution in [3.8, 4) is 0 Å². The lowest BCUT2D eigenvalue weighted by Gasteiger charge is -2.15. The third-order valence-corrected chi connectivity index (χ3v) is 4.41. The number of carbonyl (C=O) groups is 1. The van der Waals surface area contributed by atoms with Crippen LogP contribution in [0.5, 0.6) is 0 Å². The van der Waals surface area contributed by atoms with Crippen LogP contribution in [0.15, 0.2) is 18.2 Å². The summed E-state index contributed by atoms with van der Waals surface area (Å²) in [6, 6.07) is 6.37. The topological polar surface area (TPSA) is 26.3 Å². The van der Waals surface area contributed by atoms with Gasteiger partial charge in [-0.2, -0.15) is 0 Å². The molecule has 17 heavy (non-hydrogen) atoms. The van der Waals surface area contributed by atoms with Gasteiger partial charge < -0.3 is 4.74 Å². The van der Waals surface area contributed by atoms with Crippen molar-refractivity contribution < 1.29 is 9.53 Å². The van der Waals surface area contributed by atoms with Gasteiger partial charge in [-0.15, -0.1) is 0 Å². The van der Waals surface area contributed by atoms with E-state index >= 15 is 0 Å². The highest BCUT2D eigenvalue weighted by Crippen LogP contribution is 2.49. The molecule has 1 saturated carbocycles. The zero-order valence-corrected chi connectivity index (χ0v) is 12.4. The molecular formula is C14H17IO2. The molecule has 1 aliphatic carbocycles. The Labute approximate surface area is 116 Å². The molecule has 0 amide bonds. The molecule has 1 aromatic carbocycles. The highest BCUT2D eigenvalue weighted by atomic mass is 127. The van der Waals surface area contributed by atoms with Gasteiger partial charge >= 0.3 is 5.97 Å². The highest BCUT2D eigenvalue weighted by Gasteiger charge is 2.52. The van der Waals surface area contributed by atoms with E-state index in [4.69, 9.17) is 4.74 Å². The summed E-state index contributed by atoms with van der Waals surface area (Å²) in [4.78, 5) is 12.0. The van der Waals surface area contributed by atoms with Crippen molar-refractivity contribution in [2.24, 2.45) is 0 Å². The van der Waals surface area contributed by atoms with Gasteiger partial charge in [0.1, 0.15) is 0 Å². The van der Waals surface area contributed by atoms with Crippen LogP contribution in [-0.2, 0) is 21.4 Å². The van der Waals surface area contributed by atoms with Gasteiger partial charge in [0.2, 0.25) is 0 Å². The molecule has 0 bridgehead atoms. The monoisotopic (exact) mass is 344 g/mol. The first-order valence-electron chi connectivity index (χ1n) is 6.10. The first-order chi connectivity index (χ1) is 8.14. The molecule has 0 saturated heterocycles. The number of ether oxygens (including phenoxy) is 1. The fraction of sp³-hybridized carbons (Fsp3) is 0.500. The molecule has 92 valence electrons. The summed E-state index contributed by atoms with van der Waals surface area (Å²) in [7, 11) is 0. The molecule has 1 aromatic rings. The van der Waals surface area contributed by atoms with E-state index in [1.165, 1.54) is 9.13 Å². The Morgan fingerprint density at radius 2 is 2.12 bits per heavy atom. The van der Waals surface area contributed by atoms with Crippen LogP contribution in [0.2, 0.25) is 0 Å². The Balaban J connectivity index is 2.28. The number of hydrogen-bond acceptors (Lipinski definition) is 2. The largest absolute Gasteiger partial charge is 0.465 e. The molecule has 2 rings (SSSR count). The number of esters is 1. The molecule has 2 nitrogen and oxygen atoms in total. The summed E-state index contributed by atoms with van der Waals surface area (Å²) in [6.07, 6.45) is 2.88. The highest BCUT2D eigenvalue weighted by molar-refractivity contribution is 14.1. The second-order valence-corrected chi connectivity index (χ2v) is 5.62. The van der Waals surface area contributed by atoms with Crippen molar-refractivity contribution in [3.63, 3.8) is 0 Å². The van der Waals surface area contributed by atoms with Gasteiger partial charge in [0.25, 0.3) is 0 Å². The van der Waals surface area contributed by atoms with Crippen molar-refractivity contribution in [2.75, 3.05) is 6.61 Å². The Morgan fingerprint density at radius 1 is 1.41 bits per heavy atom. The Hall–Kier alpha value is -0.580. The van der Waals surface area contributed by atoms with Crippen LogP contribution in [0, 0.1) is 3.57 Å². The summed E-state index contributed by atoms with van der Waals surface area (Å²) in [6.45, 7) is 4.47. The van der Waals surface area contributed by atoms with E-state index in [0.29, 0.717) is 6.61 Å². The number of hydrogen-bond donors (Lipinski definition) is 0. The summed E-state index contributed by atoms with van der Waals surface area (Å²) < 4.78 is 6.43. The van der Waals surface area contributed by atoms with Crippen molar-refractivity contribution in [3.05, 3.63) is 32.9 Å². The number of carbonyl (C=O) groups excluding carboxylic acids is 1. The van der Waals surface area contributed by atoms with E-state index < -0.39 is 0 Å². The fourth-order valence-corrected chi connectivity index (χ4v) is 3.03. The van der Waals surface area contributed by atoms with Gasteiger partial charge in [-0.3, -0.25) is 4.79 Å². The van der Waals surface area contributed by atoms with E-state index in [9.17, 15) is 4.79 Å². The molecule has 0 aliphatic heterocycles. The smallest absolute Gasteiger partial charge is 0.316 e. The number of halogens is 1. The van der Waals surface area contributed by atoms with E-state index in [0.717, 1.165) is 24.8 Å². The third kappa shape index (κ3) is 2.34. The Bertz CT molecular complexity index is 436. The zero-order valence-electron chi connectivity index (χ0n) is 10.3. The normalized spacial score (nSPS) is 16.6. The van der Waals surface area contributed by atoms with Crippen LogP contribution < -0.4 is 0 Å². The van der Waals surface area contributed by atoms with Gasteiger partial charge in [-0.05, 0) is 66.0 Å². The average molecular weight is 344 g/mol. The third-order valence-electron chi connectivity index (χ3n) is 3.40. The lowest BCUT2D eigenvalue weighted by molar-refractivity contribution is -0.146. The minimum Gasteiger partial charge on any atom is -0.465 e. The van der Waals surface area contributed by atoms with Crippen LogP contribution in [0.4, 0.5) is 0 Å². The van der Waals surface area contributed by atoms with E-state index in [1.54, 1.807) is 0 Å². The molecular weight excluding hydrogens is 327 g/mol. The van der Waals surface area contributed by atoms with E-state index in [2.05, 4.69) is 47.7 Å². The molecule has 0 unspecified atom stereocenters. The molecule has 0 heterocycles. The lowest BCUT2D eigenvalue weighted by atomic mass is 9.95. The molecule has 0 atom stereocenters. The summed E-state index contributed by atoms with van der Waals surface area (Å²) >= 11 is 2.35. The van der Waals surface area contributed by atoms with Gasteiger partial charge in [-0.25, -0.2) is 0 Å². The van der Waals surface area contributed by atoms with Crippen LogP contribution in [-0.4, -0.2) is 12.6 Å². The molecule has 0 aromatic heterocycles. The number of rotatable bonds is 4. The molecule has 3 heteroatoms. The van der Waals surface area contributed by atoms with Crippen LogP contribution in [0.1, 0.15) is 37.8 Å². The second-order valence-electron chi connectivity index (χ2n) is 4.46. The van der Waals surface area contributed by atoms with E-state index in [1.807, 2.05) is 6.92 Å². The minimum absolute atomic E-state index is 0.0555. The maximum absolute atomic E-state index is 12.0. The predicted octanol–water partition coefficient (Wildman–Crippen LogP) is 3.45. The van der Waals surface area contributed by atoms with E-state index in [-0.39, 0.29) is 11.4 Å². The van der Waals surface area contributed by atoms with Gasteiger partial charge in [0.15, 0.2) is 0 Å². The van der Waals surface area contributed by atoms with Crippen LogP contribution >= 0.6 is 22.6 Å². The first kappa shape index (κ1) is 12.9. The maximum Gasteiger partial charge on any atom is 0.316 e. The quantitative estimate of drug-likeness (QED) is 0.618. The molecule has 0 spiro atoms. The Morgan fingerprint density at radius 3 is 2.59 bits per heavy atom. The van der Waals surface area contributed by atoms with Gasteiger partial charge in [0, 0.05) is 3.57 Å². The second kappa shape index (κ2) is 4.96. The number of aryl methyl sites for hydroxylation is 1. The van der Waals surface area contributed by atoms with Crippen molar-refractivity contribution in [2.45, 2.75) is 38.5 Å². The SMILES string of the molecule is CCOC(=O)C1(c2ccc(CC)c(I)c2)CC1. The summed E-state index contributed by atoms with van der Waals surface area (Å²) in [5.74, 6) is -0.0555. The lowest BCUT2D eigenvalue weighted by Crippen LogP contribution is -2.23. The summed E-state index contributed by atoms with van der Waals surface area (Å²) in [5.41, 5.74) is 2.13. The van der Waals surface area contributed by atoms with Gasteiger partial charge in [0.05, 0.1) is 12.0 Å². The molecule has 1 fully saturated rings. The van der Waals surface area contributed by atoms with Crippen LogP contribution in [0.25, 0.3) is 0 Å². The molecule has 1 aliphatic rings. The molecule has 0 radical (unpaired) electrons. The van der Waals surface area contributed by atoms with Gasteiger partial charge in [-0.1, -0.05) is 19.1 Å². The van der Waals surface area contributed by atoms with Crippen molar-refractivity contribution >= 4 is 28.6 Å². The summed E-state index contributed by atoms with van der Waals surface area (Å²) in [5, 5.41) is 0. The predicted molar refractivity (Wildman–Crippen MR) is 76.1 cm³/mol. The number of benzene rings is 1. The average Bonchev–Trinajstić information content (AvgIpc) is 3.10. The first-order valence-corrected chi connectivity index (χ1v) is 7.18. The Kier molecular flexibility index (Phi) is 3.76. The fourth-order valence-electron chi connectivity index (χ4n) is 2.14. The zero-order chi connectivity index (χ0) is 12.5. The minimum atomic E-state index is -0.331. The molecule has 0 N–H and O–H groups in total. The van der Waals surface area contributed by atoms with Crippen molar-refractivity contribution in [1.29, 1.82) is 0 Å². The van der Waals surface area contributed by atoms with Crippen LogP contribution in [0.3, 0.4) is 0 Å². The maximum atomic E-state index is 12.0.